The molecule has 584 valence electrons. The highest BCUT2D eigenvalue weighted by Crippen LogP contribution is 2.37. The van der Waals surface area contributed by atoms with E-state index in [9.17, 15) is 59.9 Å². The predicted molar refractivity (Wildman–Crippen MR) is 380 cm³/mol. The van der Waals surface area contributed by atoms with E-state index in [-0.39, 0.29) is 56.2 Å². The van der Waals surface area contributed by atoms with E-state index in [4.69, 9.17) is 11.6 Å². The molecule has 1 saturated carbocycles. The Balaban J connectivity index is 1.51. The normalized spacial score (nSPS) is 24.7. The van der Waals surface area contributed by atoms with Crippen LogP contribution in [0.25, 0.3) is 0 Å². The molecule has 1 spiro atoms. The first-order valence-corrected chi connectivity index (χ1v) is 35.8. The fourth-order valence-electron chi connectivity index (χ4n) is 13.5. The lowest BCUT2D eigenvalue weighted by atomic mass is 9.90. The van der Waals surface area contributed by atoms with Crippen LogP contribution in [0.3, 0.4) is 0 Å². The standard InChI is InChI=1S/C74H101ClF6N12O13/c1-17-43(4)60-69(103)88(12)46(7)64(98)93-36-33-54(93)68(102)90(14)56(39-48-23-21-42(3)22-24-48)67(101)86(10)41-58(94)82-53(32-28-47-27-31-51(52(75)37-47)73(76,77)78)65(99)89(13)55(38-49-25-29-50(30-26-49)106-74(79,80)81)63(97)84-72(34-19-20-35-72)71(105)92(16)61(44(5)18-2)70(104)91(15)57(66(100)85(8)9)40-59(95)87(11)45(6)62(96)83-60/h21-27,29-31,37,43-46,53-57,60-61H,17-20,28,32-36,38-41H2,1-16H3,(H,82,94)(H,83,96)(H,84,97)/t43-,44-,45-,46-,53-,54-,55-,56-,57-,60-,61-/m0/s1. The summed E-state index contributed by atoms with van der Waals surface area (Å²) in [7, 11) is 11.9. The highest BCUT2D eigenvalue weighted by Gasteiger charge is 2.51. The molecule has 2 heterocycles. The molecule has 3 N–H and O–H groups in total. The number of hydrogen-bond acceptors (Lipinski definition) is 13. The summed E-state index contributed by atoms with van der Waals surface area (Å²) in [6, 6.07) is 1.55. The zero-order valence-corrected chi connectivity index (χ0v) is 63.8. The lowest BCUT2D eigenvalue weighted by Crippen LogP contribution is -2.65. The third kappa shape index (κ3) is 20.8. The third-order valence-corrected chi connectivity index (χ3v) is 21.4. The van der Waals surface area contributed by atoms with E-state index in [1.54, 1.807) is 52.0 Å². The molecule has 2 saturated heterocycles. The van der Waals surface area contributed by atoms with Gasteiger partial charge >= 0.3 is 12.5 Å². The number of alkyl halides is 6. The third-order valence-electron chi connectivity index (χ3n) is 21.1. The average molecular weight is 1520 g/mol. The summed E-state index contributed by atoms with van der Waals surface area (Å²) in [5.41, 5.74) is -1.23. The fraction of sp³-hybridized carbons (Fsp3) is 0.595. The maximum atomic E-state index is 15.6. The first kappa shape index (κ1) is 85.9. The Labute approximate surface area is 620 Å². The van der Waals surface area contributed by atoms with Crippen molar-refractivity contribution in [2.45, 2.75) is 198 Å². The largest absolute Gasteiger partial charge is 0.573 e. The van der Waals surface area contributed by atoms with Crippen molar-refractivity contribution in [2.75, 3.05) is 76.5 Å². The number of benzene rings is 3. The van der Waals surface area contributed by atoms with Gasteiger partial charge in [-0.15, -0.1) is 13.2 Å². The number of aryl methyl sites for hydroxylation is 2. The Morgan fingerprint density at radius 3 is 1.73 bits per heavy atom. The van der Waals surface area contributed by atoms with E-state index in [2.05, 4.69) is 20.7 Å². The zero-order valence-electron chi connectivity index (χ0n) is 63.1. The number of carbonyl (C=O) groups excluding carboxylic acids is 12. The van der Waals surface area contributed by atoms with Gasteiger partial charge in [-0.1, -0.05) is 113 Å². The van der Waals surface area contributed by atoms with E-state index in [1.807, 2.05) is 6.92 Å². The molecule has 3 aliphatic rings. The second-order valence-electron chi connectivity index (χ2n) is 28.6. The SMILES string of the molecule is CC[C@H](C)[C@@H]1NC(=O)[C@H](C)N(C)C(=O)C[C@@H](C(=O)N(C)C)N(C)C(=O)[C@H]([C@@H](C)CC)N(C)C(=O)C2(CCCC2)NC(=O)[C@H](Cc2ccc(OC(F)(F)F)cc2)N(C)C(=O)[C@H](CCc2ccc(C(F)(F)F)c(Cl)c2)NC(=O)CN(C)C(=O)[C@H](Cc2ccc(C)cc2)N(C)C(=O)[C@@H]2CCN2C(=O)[C@H](C)N(C)C1=O. The molecule has 0 aromatic heterocycles. The van der Waals surface area contributed by atoms with Crippen LogP contribution in [0.4, 0.5) is 26.3 Å². The molecular weight excluding hydrogens is 1410 g/mol. The van der Waals surface area contributed by atoms with Gasteiger partial charge in [0.25, 0.3) is 0 Å². The van der Waals surface area contributed by atoms with Gasteiger partial charge in [-0.2, -0.15) is 13.2 Å². The second-order valence-corrected chi connectivity index (χ2v) is 29.0. The van der Waals surface area contributed by atoms with Crippen LogP contribution in [-0.4, -0.2) is 258 Å². The number of hydrogen-bond donors (Lipinski definition) is 3. The summed E-state index contributed by atoms with van der Waals surface area (Å²) in [5, 5.41) is 7.63. The van der Waals surface area contributed by atoms with Gasteiger partial charge in [-0.05, 0) is 106 Å². The Kier molecular flexibility index (Phi) is 29.2. The van der Waals surface area contributed by atoms with Crippen LogP contribution in [0.2, 0.25) is 5.02 Å². The molecule has 3 fully saturated rings. The van der Waals surface area contributed by atoms with E-state index in [0.717, 1.165) is 75.1 Å². The van der Waals surface area contributed by atoms with Crippen LogP contribution in [0.5, 0.6) is 5.75 Å². The Hall–Kier alpha value is -9.03. The van der Waals surface area contributed by atoms with Crippen molar-refractivity contribution in [3.63, 3.8) is 0 Å². The van der Waals surface area contributed by atoms with Crippen molar-refractivity contribution >= 4 is 82.5 Å². The van der Waals surface area contributed by atoms with Crippen molar-refractivity contribution in [1.82, 2.24) is 60.0 Å². The number of rotatable bonds is 13. The van der Waals surface area contributed by atoms with Crippen LogP contribution >= 0.6 is 11.6 Å². The molecule has 0 unspecified atom stereocenters. The molecule has 2 aliphatic heterocycles. The quantitative estimate of drug-likeness (QED) is 0.165. The Morgan fingerprint density at radius 2 is 1.20 bits per heavy atom. The van der Waals surface area contributed by atoms with Gasteiger partial charge in [0.2, 0.25) is 70.9 Å². The number of likely N-dealkylation sites (N-methyl/N-ethyl adjacent to an activating group) is 8. The molecule has 25 nitrogen and oxygen atoms in total. The summed E-state index contributed by atoms with van der Waals surface area (Å²) in [6.07, 6.45) is -10.5. The maximum Gasteiger partial charge on any atom is 0.573 e. The van der Waals surface area contributed by atoms with Crippen LogP contribution in [0.15, 0.2) is 66.7 Å². The monoisotopic (exact) mass is 1510 g/mol. The molecule has 32 heteroatoms. The van der Waals surface area contributed by atoms with Gasteiger partial charge in [0, 0.05) is 82.8 Å². The molecule has 6 rings (SSSR count). The van der Waals surface area contributed by atoms with E-state index >= 15 is 24.0 Å². The van der Waals surface area contributed by atoms with E-state index in [1.165, 1.54) is 94.3 Å². The van der Waals surface area contributed by atoms with Crippen molar-refractivity contribution < 1.29 is 88.6 Å². The molecule has 0 radical (unpaired) electrons. The zero-order chi connectivity index (χ0) is 79.5. The van der Waals surface area contributed by atoms with Crippen LogP contribution in [0, 0.1) is 18.8 Å². The topological polar surface area (TPSA) is 279 Å². The molecular formula is C74H101ClF6N12O13. The first-order valence-electron chi connectivity index (χ1n) is 35.4. The number of ether oxygens (including phenoxy) is 1. The number of nitrogens with zero attached hydrogens (tertiary/aromatic N) is 9. The molecule has 11 atom stereocenters. The predicted octanol–water partition coefficient (Wildman–Crippen LogP) is 6.03. The van der Waals surface area contributed by atoms with Crippen LogP contribution in [-0.2, 0) is 83.0 Å². The summed E-state index contributed by atoms with van der Waals surface area (Å²) in [6.45, 7) is 10.9. The molecule has 3 aromatic rings. The second kappa shape index (κ2) is 36.0. The minimum atomic E-state index is -5.10. The minimum Gasteiger partial charge on any atom is -0.406 e. The number of carbonyl (C=O) groups is 12. The van der Waals surface area contributed by atoms with Gasteiger partial charge in [-0.25, -0.2) is 0 Å². The number of halogens is 7. The Bertz CT molecular complexity index is 3710. The fourth-order valence-corrected chi connectivity index (χ4v) is 13.8. The lowest BCUT2D eigenvalue weighted by Gasteiger charge is -2.45. The summed E-state index contributed by atoms with van der Waals surface area (Å²) < 4.78 is 86.4. The van der Waals surface area contributed by atoms with Crippen molar-refractivity contribution in [3.8, 4) is 5.75 Å². The smallest absolute Gasteiger partial charge is 0.406 e. The minimum absolute atomic E-state index is 0.0292. The van der Waals surface area contributed by atoms with E-state index in [0.29, 0.717) is 24.8 Å². The van der Waals surface area contributed by atoms with Crippen LogP contribution < -0.4 is 20.7 Å². The number of amides is 12. The molecule has 106 heavy (non-hydrogen) atoms. The highest BCUT2D eigenvalue weighted by molar-refractivity contribution is 6.31. The maximum absolute atomic E-state index is 15.6. The van der Waals surface area contributed by atoms with Crippen molar-refractivity contribution in [1.29, 1.82) is 0 Å². The lowest BCUT2D eigenvalue weighted by molar-refractivity contribution is -0.274. The summed E-state index contributed by atoms with van der Waals surface area (Å²) in [4.78, 5) is 189. The van der Waals surface area contributed by atoms with Gasteiger partial charge in [-0.3, -0.25) is 57.5 Å². The van der Waals surface area contributed by atoms with Gasteiger partial charge in [0.15, 0.2) is 0 Å². The van der Waals surface area contributed by atoms with E-state index < -0.39 is 197 Å². The molecule has 0 bridgehead atoms. The number of nitrogens with one attached hydrogen (secondary N) is 3. The molecule has 1 aliphatic carbocycles. The van der Waals surface area contributed by atoms with Gasteiger partial charge < -0.3 is 64.8 Å². The average Bonchev–Trinajstić information content (AvgIpc) is 1.72. The Morgan fingerprint density at radius 1 is 0.642 bits per heavy atom. The van der Waals surface area contributed by atoms with Crippen molar-refractivity contribution in [3.05, 3.63) is 99.6 Å². The van der Waals surface area contributed by atoms with Crippen LogP contribution in [0.1, 0.15) is 127 Å². The summed E-state index contributed by atoms with van der Waals surface area (Å²) >= 11 is 6.16. The molecule has 12 amide bonds. The summed E-state index contributed by atoms with van der Waals surface area (Å²) in [5.74, 6) is -11.6. The molecule has 3 aromatic carbocycles. The number of fused-ring (bicyclic) bond motifs is 1. The first-order chi connectivity index (χ1) is 49.4. The highest BCUT2D eigenvalue weighted by atomic mass is 35.5. The van der Waals surface area contributed by atoms with Crippen molar-refractivity contribution in [2.24, 2.45) is 11.8 Å². The van der Waals surface area contributed by atoms with Gasteiger partial charge in [0.1, 0.15) is 65.7 Å². The van der Waals surface area contributed by atoms with Gasteiger partial charge in [0.05, 0.1) is 23.6 Å².